The van der Waals surface area contributed by atoms with Crippen molar-refractivity contribution in [2.24, 2.45) is 52.2 Å². The topological polar surface area (TPSA) is 642 Å². The molecule has 1 heterocycles. The van der Waals surface area contributed by atoms with Crippen LogP contribution in [0.5, 0.6) is 5.75 Å². The van der Waals surface area contributed by atoms with E-state index in [9.17, 15) is 48.3 Å². The molecular formula is C84H133N24O15+. The van der Waals surface area contributed by atoms with Crippen LogP contribution in [0.4, 0.5) is 5.69 Å². The van der Waals surface area contributed by atoms with Gasteiger partial charge in [0.1, 0.15) is 79.3 Å². The van der Waals surface area contributed by atoms with Crippen molar-refractivity contribution < 1.29 is 76.7 Å². The fraction of sp³-hybridized carbons (Fsp3) is 0.583. The highest BCUT2D eigenvalue weighted by atomic mass is 16.5. The number of guanidine groups is 3. The molecular weight excluding hydrogens is 1590 g/mol. The van der Waals surface area contributed by atoms with E-state index in [-0.39, 0.29) is 151 Å². The lowest BCUT2D eigenvalue weighted by Crippen LogP contribution is -2.61. The van der Waals surface area contributed by atoms with E-state index in [1.807, 2.05) is 12.1 Å². The summed E-state index contributed by atoms with van der Waals surface area (Å²) in [5.41, 5.74) is 38.2. The summed E-state index contributed by atoms with van der Waals surface area (Å²) in [5, 5.41) is 66.8. The average molecular weight is 1720 g/mol. The molecule has 0 aromatic heterocycles. The van der Waals surface area contributed by atoms with Crippen LogP contribution in [0, 0.1) is 34.0 Å². The van der Waals surface area contributed by atoms with Crippen molar-refractivity contribution in [3.63, 3.8) is 0 Å². The van der Waals surface area contributed by atoms with E-state index in [1.165, 1.54) is 5.71 Å². The summed E-state index contributed by atoms with van der Waals surface area (Å²) in [7, 11) is 0. The summed E-state index contributed by atoms with van der Waals surface area (Å²) in [6.07, 6.45) is 0.980. The minimum atomic E-state index is -1.64. The predicted octanol–water partition coefficient (Wildman–Crippen LogP) is -0.709. The Morgan fingerprint density at radius 1 is 0.512 bits per heavy atom. The van der Waals surface area contributed by atoms with Gasteiger partial charge in [-0.3, -0.25) is 73.8 Å². The number of ether oxygens (including phenoxy) is 1. The van der Waals surface area contributed by atoms with E-state index in [0.29, 0.717) is 29.7 Å². The number of aliphatic carboxylic acids is 1. The number of fused-ring (bicyclic) bond motifs is 2. The minimum Gasteiger partial charge on any atom is -0.489 e. The Morgan fingerprint density at radius 3 is 1.51 bits per heavy atom. The summed E-state index contributed by atoms with van der Waals surface area (Å²) in [4.78, 5) is 185. The lowest BCUT2D eigenvalue weighted by Gasteiger charge is -2.43. The van der Waals surface area contributed by atoms with Crippen LogP contribution in [0.3, 0.4) is 0 Å². The number of amides is 12. The average Bonchev–Trinajstić information content (AvgIpc) is 0.743. The molecule has 3 aromatic carbocycles. The van der Waals surface area contributed by atoms with Crippen molar-refractivity contribution in [2.45, 2.75) is 237 Å². The molecule has 3 aromatic rings. The largest absolute Gasteiger partial charge is 0.489 e. The molecule has 39 heteroatoms. The number of hydrogen-bond acceptors (Lipinski definition) is 19. The smallest absolute Gasteiger partial charge is 0.326 e. The first-order valence-electron chi connectivity index (χ1n) is 42.5. The fourth-order valence-electron chi connectivity index (χ4n) is 15.1. The van der Waals surface area contributed by atoms with Gasteiger partial charge in [0, 0.05) is 93.1 Å². The van der Waals surface area contributed by atoms with Crippen LogP contribution < -0.4 is 113 Å². The molecule has 1 fully saturated rings. The second-order valence-electron chi connectivity index (χ2n) is 31.6. The molecule has 1 aliphatic carbocycles. The molecule has 0 spiro atoms. The number of carboxylic acid groups (broad SMARTS) is 1. The highest BCUT2D eigenvalue weighted by Crippen LogP contribution is 2.50. The SMILES string of the molecule is CCN(CC)c1ccc2c(c1)OC1CC(=[N+](CC)CC)CCC1C2c1ccccc1C(=O)N[C@@H](CCC(N)=O)C(=O)N[C@@H](CCCNC(=N)N)C(=O)N[C@@H](CC(C)C)C(=O)N[C@@H](Cc1ccccc1)C(=O)N[C@@H](CCC(N)=O)C(=O)N[C@H](C(=O)N[C@@H](CCCCN)C(=O)NCC(=O)N[C@@H](CCCNC(=N)N)C(=O)N[C@@H](CCCNC(=N)N)C(=O)O)C(C)C. The lowest BCUT2D eigenvalue weighted by molar-refractivity contribution is -0.523. The number of carbonyl (C=O) groups is 13. The Balaban J connectivity index is 1.40. The first-order chi connectivity index (χ1) is 58.5. The van der Waals surface area contributed by atoms with E-state index in [2.05, 4.69) is 124 Å². The maximum Gasteiger partial charge on any atom is 0.326 e. The van der Waals surface area contributed by atoms with Crippen LogP contribution >= 0.6 is 0 Å². The number of anilines is 1. The van der Waals surface area contributed by atoms with E-state index < -0.39 is 157 Å². The molecule has 678 valence electrons. The zero-order chi connectivity index (χ0) is 91.0. The summed E-state index contributed by atoms with van der Waals surface area (Å²) in [5.74, 6) is -13.7. The molecule has 12 amide bonds. The number of benzene rings is 3. The Morgan fingerprint density at radius 2 is 0.984 bits per heavy atom. The monoisotopic (exact) mass is 1720 g/mol. The molecule has 0 radical (unpaired) electrons. The third-order valence-corrected chi connectivity index (χ3v) is 21.6. The number of rotatable bonds is 54. The predicted molar refractivity (Wildman–Crippen MR) is 465 cm³/mol. The zero-order valence-electron chi connectivity index (χ0n) is 72.1. The first kappa shape index (κ1) is 101. The Labute approximate surface area is 719 Å². The second-order valence-corrected chi connectivity index (χ2v) is 31.6. The van der Waals surface area contributed by atoms with Gasteiger partial charge in [-0.25, -0.2) is 9.37 Å². The van der Waals surface area contributed by atoms with Crippen LogP contribution in [-0.2, 0) is 64.0 Å². The van der Waals surface area contributed by atoms with Crippen molar-refractivity contribution in [1.29, 1.82) is 16.2 Å². The van der Waals surface area contributed by atoms with Crippen molar-refractivity contribution in [3.05, 3.63) is 95.1 Å². The molecule has 123 heavy (non-hydrogen) atoms. The minimum absolute atomic E-state index is 0.0319. The van der Waals surface area contributed by atoms with Gasteiger partial charge < -0.3 is 118 Å². The Bertz CT molecular complexity index is 4140. The molecule has 29 N–H and O–H groups in total. The number of carbonyl (C=O) groups excluding carboxylic acids is 12. The van der Waals surface area contributed by atoms with Crippen molar-refractivity contribution in [3.8, 4) is 5.75 Å². The molecule has 39 nitrogen and oxygen atoms in total. The first-order valence-corrected chi connectivity index (χ1v) is 42.5. The van der Waals surface area contributed by atoms with Gasteiger partial charge in [0.15, 0.2) is 23.6 Å². The van der Waals surface area contributed by atoms with Crippen molar-refractivity contribution in [2.75, 3.05) is 63.8 Å². The van der Waals surface area contributed by atoms with Gasteiger partial charge in [0.25, 0.3) is 5.91 Å². The van der Waals surface area contributed by atoms with Gasteiger partial charge in [-0.1, -0.05) is 82.3 Å². The van der Waals surface area contributed by atoms with E-state index in [4.69, 9.17) is 55.4 Å². The fourth-order valence-corrected chi connectivity index (χ4v) is 15.1. The standard InChI is InChI=1S/C84H132N24O15/c1-9-107(10-2)51-31-33-55-65(45-51)123-66-46-52(108(11-3)12-4)32-34-56(66)70(55)53-25-16-17-26-54(53)72(112)99-60(35-37-67(86)109)76(116)100-59(29-21-41-95-83(90)91)75(115)104-63(43-48(5)6)78(118)105-64(44-50-23-14-13-15-24-50)79(119)101-61(36-38-68(87)110)77(117)106-71(49(7)8)80(120)102-57(27-18-19-39-85)73(113)97-47-69(111)98-58(28-20-40-94-82(88)89)74(114)103-62(81(121)122)30-22-42-96-84(92)93/h13-17,23-26,31,33,45,48-49,56-64,66,70-71H,9-12,18-22,27-30,32,34-44,46-47,85H2,1-8H3,(H26-,86,87,88,89,90,91,92,93,94,95,96,97,98,99,100,101,102,103,104,105,106,109,110,111,112,113,114,115,116,117,118,119,120,121,122)/p+1/t56?,57-,58-,59-,60-,61-,62-,63-,64-,66?,70?,71-/m0/s1. The summed E-state index contributed by atoms with van der Waals surface area (Å²) < 4.78 is 9.34. The van der Waals surface area contributed by atoms with Gasteiger partial charge in [-0.2, -0.15) is 0 Å². The number of primary amides is 2. The maximum atomic E-state index is 15.2. The van der Waals surface area contributed by atoms with E-state index in [1.54, 1.807) is 70.2 Å². The van der Waals surface area contributed by atoms with Crippen molar-refractivity contribution in [1.82, 2.24) is 69.1 Å². The highest BCUT2D eigenvalue weighted by molar-refractivity contribution is 6.01. The summed E-state index contributed by atoms with van der Waals surface area (Å²) in [6, 6.07) is 8.65. The molecule has 1 saturated carbocycles. The quantitative estimate of drug-likeness (QED) is 0.0144. The van der Waals surface area contributed by atoms with Crippen LogP contribution in [-0.4, -0.2) is 230 Å². The lowest BCUT2D eigenvalue weighted by atomic mass is 9.68. The summed E-state index contributed by atoms with van der Waals surface area (Å²) in [6.45, 7) is 18.1. The molecule has 0 bridgehead atoms. The number of nitrogens with zero attached hydrogens (tertiary/aromatic N) is 2. The van der Waals surface area contributed by atoms with Crippen LogP contribution in [0.1, 0.15) is 198 Å². The normalized spacial score (nSPS) is 16.1. The third kappa shape index (κ3) is 34.0. The second kappa shape index (κ2) is 52.2. The molecule has 5 rings (SSSR count). The number of unbranched alkanes of at least 4 members (excludes halogenated alkanes) is 1. The van der Waals surface area contributed by atoms with E-state index in [0.717, 1.165) is 50.3 Å². The zero-order valence-corrected chi connectivity index (χ0v) is 72.1. The van der Waals surface area contributed by atoms with Gasteiger partial charge in [0.05, 0.1) is 13.0 Å². The third-order valence-electron chi connectivity index (χ3n) is 21.6. The maximum absolute atomic E-state index is 15.2. The van der Waals surface area contributed by atoms with Gasteiger partial charge in [0.2, 0.25) is 65.0 Å². The van der Waals surface area contributed by atoms with Crippen LogP contribution in [0.15, 0.2) is 72.8 Å². The molecule has 3 unspecified atom stereocenters. The number of hydrogen-bond donors (Lipinski definition) is 23. The van der Waals surface area contributed by atoms with E-state index >= 15 is 19.2 Å². The van der Waals surface area contributed by atoms with Crippen LogP contribution in [0.25, 0.3) is 0 Å². The Hall–Kier alpha value is -12.2. The van der Waals surface area contributed by atoms with Gasteiger partial charge in [-0.05, 0) is 153 Å². The number of nitrogens with two attached hydrogens (primary N) is 6. The van der Waals surface area contributed by atoms with Crippen LogP contribution in [0.2, 0.25) is 0 Å². The van der Waals surface area contributed by atoms with Gasteiger partial charge >= 0.3 is 5.97 Å². The molecule has 0 saturated heterocycles. The molecule has 12 atom stereocenters. The molecule has 2 aliphatic rings. The highest BCUT2D eigenvalue weighted by Gasteiger charge is 2.46. The number of nitrogens with one attached hydrogen (secondary N) is 16. The number of carboxylic acids is 1. The molecule has 1 aliphatic heterocycles. The Kier molecular flexibility index (Phi) is 43.0. The van der Waals surface area contributed by atoms with Crippen molar-refractivity contribution >= 4 is 106 Å². The van der Waals surface area contributed by atoms with Gasteiger partial charge in [-0.15, -0.1) is 0 Å². The summed E-state index contributed by atoms with van der Waals surface area (Å²) >= 11 is 0.